The predicted octanol–water partition coefficient (Wildman–Crippen LogP) is 5.53. The molecule has 2 N–H and O–H groups in total. The molecule has 3 aromatic rings. The summed E-state index contributed by atoms with van der Waals surface area (Å²) in [5.74, 6) is 0. The van der Waals surface area contributed by atoms with Crippen molar-refractivity contribution in [1.29, 1.82) is 0 Å². The third kappa shape index (κ3) is 4.97. The zero-order valence-corrected chi connectivity index (χ0v) is 16.6. The van der Waals surface area contributed by atoms with Crippen molar-refractivity contribution in [3.63, 3.8) is 0 Å². The summed E-state index contributed by atoms with van der Waals surface area (Å²) in [7, 11) is 0. The van der Waals surface area contributed by atoms with E-state index in [1.54, 1.807) is 18.5 Å². The van der Waals surface area contributed by atoms with Gasteiger partial charge in [-0.25, -0.2) is 14.8 Å². The minimum Gasteiger partial charge on any atom is -0.331 e. The molecule has 0 bridgehead atoms. The SMILES string of the molecule is Cc1cc(Sc2ncccn2)ccc1NC(=O)NC(C)c1ccc(Cl)s1. The van der Waals surface area contributed by atoms with Crippen molar-refractivity contribution in [2.24, 2.45) is 0 Å². The summed E-state index contributed by atoms with van der Waals surface area (Å²) in [6.45, 7) is 3.88. The summed E-state index contributed by atoms with van der Waals surface area (Å²) in [6, 6.07) is 11.0. The normalized spacial score (nSPS) is 11.8. The Kier molecular flexibility index (Phi) is 6.13. The number of carbonyl (C=O) groups excluding carboxylic acids is 1. The number of nitrogens with zero attached hydrogens (tertiary/aromatic N) is 2. The van der Waals surface area contributed by atoms with E-state index in [9.17, 15) is 4.79 Å². The van der Waals surface area contributed by atoms with E-state index in [0.29, 0.717) is 9.49 Å². The number of amides is 2. The molecule has 0 spiro atoms. The fourth-order valence-electron chi connectivity index (χ4n) is 2.27. The lowest BCUT2D eigenvalue weighted by Crippen LogP contribution is -2.31. The van der Waals surface area contributed by atoms with Crippen LogP contribution in [0.15, 0.2) is 58.8 Å². The Balaban J connectivity index is 1.61. The van der Waals surface area contributed by atoms with E-state index in [1.807, 2.05) is 44.2 Å². The first-order valence-corrected chi connectivity index (χ1v) is 9.90. The molecule has 134 valence electrons. The van der Waals surface area contributed by atoms with Crippen molar-refractivity contribution in [3.05, 3.63) is 63.6 Å². The number of benzene rings is 1. The molecule has 0 aliphatic heterocycles. The molecule has 2 amide bonds. The Hall–Kier alpha value is -2.09. The second-order valence-electron chi connectivity index (χ2n) is 5.57. The molecule has 0 aliphatic rings. The Bertz CT molecular complexity index is 901. The van der Waals surface area contributed by atoms with Crippen LogP contribution in [-0.4, -0.2) is 16.0 Å². The van der Waals surface area contributed by atoms with Gasteiger partial charge in [-0.05, 0) is 67.6 Å². The first kappa shape index (κ1) is 18.7. The molecule has 8 heteroatoms. The molecule has 0 saturated carbocycles. The second kappa shape index (κ2) is 8.53. The van der Waals surface area contributed by atoms with Crippen LogP contribution in [-0.2, 0) is 0 Å². The van der Waals surface area contributed by atoms with Crippen molar-refractivity contribution in [2.75, 3.05) is 5.32 Å². The standard InChI is InChI=1S/C18H17ClN4OS2/c1-11-10-13(25-18-20-8-3-9-21-18)4-5-14(11)23-17(24)22-12(2)15-6-7-16(19)26-15/h3-10,12H,1-2H3,(H2,22,23,24). The number of carbonyl (C=O) groups is 1. The van der Waals surface area contributed by atoms with Gasteiger partial charge in [0.1, 0.15) is 0 Å². The van der Waals surface area contributed by atoms with Gasteiger partial charge in [0.15, 0.2) is 5.16 Å². The summed E-state index contributed by atoms with van der Waals surface area (Å²) >= 11 is 8.88. The summed E-state index contributed by atoms with van der Waals surface area (Å²) in [6.07, 6.45) is 3.43. The number of halogens is 1. The molecule has 1 aromatic carbocycles. The molecule has 5 nitrogen and oxygen atoms in total. The second-order valence-corrected chi connectivity index (χ2v) is 8.36. The van der Waals surface area contributed by atoms with E-state index in [-0.39, 0.29) is 12.1 Å². The van der Waals surface area contributed by atoms with Gasteiger partial charge < -0.3 is 10.6 Å². The summed E-state index contributed by atoms with van der Waals surface area (Å²) < 4.78 is 0.709. The smallest absolute Gasteiger partial charge is 0.319 e. The lowest BCUT2D eigenvalue weighted by atomic mass is 10.2. The molecular formula is C18H17ClN4OS2. The maximum atomic E-state index is 12.3. The summed E-state index contributed by atoms with van der Waals surface area (Å²) in [5, 5.41) is 6.49. The van der Waals surface area contributed by atoms with Crippen molar-refractivity contribution in [2.45, 2.75) is 29.9 Å². The van der Waals surface area contributed by atoms with Crippen molar-refractivity contribution in [3.8, 4) is 0 Å². The van der Waals surface area contributed by atoms with Crippen LogP contribution >= 0.6 is 34.7 Å². The molecule has 2 heterocycles. The van der Waals surface area contributed by atoms with Crippen LogP contribution in [0.1, 0.15) is 23.4 Å². The van der Waals surface area contributed by atoms with Crippen LogP contribution in [0.2, 0.25) is 4.34 Å². The highest BCUT2D eigenvalue weighted by Gasteiger charge is 2.12. The molecule has 3 rings (SSSR count). The number of aromatic nitrogens is 2. The summed E-state index contributed by atoms with van der Waals surface area (Å²) in [5.41, 5.74) is 1.73. The van der Waals surface area contributed by atoms with Gasteiger partial charge in [-0.2, -0.15) is 0 Å². The van der Waals surface area contributed by atoms with Crippen LogP contribution in [0.4, 0.5) is 10.5 Å². The lowest BCUT2D eigenvalue weighted by Gasteiger charge is -2.15. The van der Waals surface area contributed by atoms with Crippen molar-refractivity contribution < 1.29 is 4.79 Å². The first-order valence-electron chi connectivity index (χ1n) is 7.89. The predicted molar refractivity (Wildman–Crippen MR) is 107 cm³/mol. The molecule has 1 unspecified atom stereocenters. The van der Waals surface area contributed by atoms with Gasteiger partial charge >= 0.3 is 6.03 Å². The molecule has 1 atom stereocenters. The van der Waals surface area contributed by atoms with Crippen LogP contribution < -0.4 is 10.6 Å². The lowest BCUT2D eigenvalue weighted by molar-refractivity contribution is 0.249. The number of urea groups is 1. The highest BCUT2D eigenvalue weighted by atomic mass is 35.5. The topological polar surface area (TPSA) is 66.9 Å². The fourth-order valence-corrected chi connectivity index (χ4v) is 4.14. The number of rotatable bonds is 5. The molecule has 0 saturated heterocycles. The van der Waals surface area contributed by atoms with E-state index in [4.69, 9.17) is 11.6 Å². The number of aryl methyl sites for hydroxylation is 1. The first-order chi connectivity index (χ1) is 12.5. The van der Waals surface area contributed by atoms with E-state index >= 15 is 0 Å². The Labute approximate surface area is 165 Å². The third-order valence-electron chi connectivity index (χ3n) is 3.57. The zero-order chi connectivity index (χ0) is 18.5. The quantitative estimate of drug-likeness (QED) is 0.548. The molecule has 0 aliphatic carbocycles. The highest BCUT2D eigenvalue weighted by molar-refractivity contribution is 7.99. The van der Waals surface area contributed by atoms with E-state index in [1.165, 1.54) is 23.1 Å². The van der Waals surface area contributed by atoms with E-state index in [0.717, 1.165) is 21.0 Å². The molecule has 0 fully saturated rings. The minimum atomic E-state index is -0.253. The van der Waals surface area contributed by atoms with Crippen LogP contribution in [0.25, 0.3) is 0 Å². The monoisotopic (exact) mass is 404 g/mol. The van der Waals surface area contributed by atoms with Gasteiger partial charge in [-0.15, -0.1) is 11.3 Å². The number of thiophene rings is 1. The van der Waals surface area contributed by atoms with Gasteiger partial charge in [0.05, 0.1) is 10.4 Å². The van der Waals surface area contributed by atoms with Gasteiger partial charge in [-0.1, -0.05) is 11.6 Å². The van der Waals surface area contributed by atoms with Gasteiger partial charge in [-0.3, -0.25) is 0 Å². The maximum Gasteiger partial charge on any atom is 0.319 e. The summed E-state index contributed by atoms with van der Waals surface area (Å²) in [4.78, 5) is 22.7. The minimum absolute atomic E-state index is 0.113. The van der Waals surface area contributed by atoms with Gasteiger partial charge in [0, 0.05) is 27.9 Å². The average molecular weight is 405 g/mol. The zero-order valence-electron chi connectivity index (χ0n) is 14.2. The highest BCUT2D eigenvalue weighted by Crippen LogP contribution is 2.29. The molecule has 0 radical (unpaired) electrons. The number of hydrogen-bond donors (Lipinski definition) is 2. The number of nitrogens with one attached hydrogen (secondary N) is 2. The number of hydrogen-bond acceptors (Lipinski definition) is 5. The molecule has 2 aromatic heterocycles. The van der Waals surface area contributed by atoms with Crippen LogP contribution in [0.3, 0.4) is 0 Å². The van der Waals surface area contributed by atoms with Gasteiger partial charge in [0.2, 0.25) is 0 Å². The maximum absolute atomic E-state index is 12.3. The fraction of sp³-hybridized carbons (Fsp3) is 0.167. The van der Waals surface area contributed by atoms with E-state index < -0.39 is 0 Å². The van der Waals surface area contributed by atoms with Gasteiger partial charge in [0.25, 0.3) is 0 Å². The Morgan fingerprint density at radius 2 is 2.00 bits per heavy atom. The Morgan fingerprint density at radius 3 is 2.65 bits per heavy atom. The van der Waals surface area contributed by atoms with Crippen LogP contribution in [0, 0.1) is 6.92 Å². The average Bonchev–Trinajstić information content (AvgIpc) is 3.05. The van der Waals surface area contributed by atoms with Crippen molar-refractivity contribution in [1.82, 2.24) is 15.3 Å². The largest absolute Gasteiger partial charge is 0.331 e. The van der Waals surface area contributed by atoms with Crippen LogP contribution in [0.5, 0.6) is 0 Å². The molecule has 26 heavy (non-hydrogen) atoms. The van der Waals surface area contributed by atoms with Crippen molar-refractivity contribution >= 4 is 46.4 Å². The Morgan fingerprint density at radius 1 is 1.23 bits per heavy atom. The number of anilines is 1. The molecular weight excluding hydrogens is 388 g/mol. The third-order valence-corrected chi connectivity index (χ3v) is 5.86. The van der Waals surface area contributed by atoms with E-state index in [2.05, 4.69) is 20.6 Å².